The lowest BCUT2D eigenvalue weighted by molar-refractivity contribution is 0.669. The minimum absolute atomic E-state index is 0.623. The van der Waals surface area contributed by atoms with Crippen LogP contribution in [0.4, 0.5) is 0 Å². The third-order valence-corrected chi connectivity index (χ3v) is 28.7. The molecule has 0 saturated carbocycles. The second kappa shape index (κ2) is 36.6. The summed E-state index contributed by atoms with van der Waals surface area (Å²) in [6.45, 7) is 0. The summed E-state index contributed by atoms with van der Waals surface area (Å²) in [6, 6.07) is 175. The maximum Gasteiger partial charge on any atom is 0.164 e. The predicted molar refractivity (Wildman–Crippen MR) is 612 cm³/mol. The van der Waals surface area contributed by atoms with Crippen LogP contribution in [0.5, 0.6) is 0 Å². The molecule has 6 aromatic heterocycles. The van der Waals surface area contributed by atoms with Crippen molar-refractivity contribution in [3.05, 3.63) is 504 Å². The van der Waals surface area contributed by atoms with Gasteiger partial charge in [0.1, 0.15) is 33.5 Å². The first-order chi connectivity index (χ1) is 73.8. The Hall–Kier alpha value is -20.2. The predicted octanol–water partition coefficient (Wildman–Crippen LogP) is 36.2. The lowest BCUT2D eigenvalue weighted by Crippen LogP contribution is -2.01. The largest absolute Gasteiger partial charge is 0.456 e. The molecule has 12 heteroatoms. The van der Waals surface area contributed by atoms with Gasteiger partial charge in [0.15, 0.2) is 52.4 Å². The molecule has 0 amide bonds. The molecule has 0 aliphatic heterocycles. The van der Waals surface area contributed by atoms with E-state index in [1.807, 2.05) is 97.1 Å². The lowest BCUT2D eigenvalue weighted by atomic mass is 9.90. The molecule has 30 aromatic rings. The van der Waals surface area contributed by atoms with Crippen LogP contribution in [-0.2, 0) is 0 Å². The van der Waals surface area contributed by atoms with E-state index in [0.29, 0.717) is 52.4 Å². The summed E-state index contributed by atoms with van der Waals surface area (Å²) < 4.78 is 19.1. The zero-order valence-electron chi connectivity index (χ0n) is 80.2. The number of benzene rings is 24. The van der Waals surface area contributed by atoms with Gasteiger partial charge in [-0.05, 0) is 204 Å². The number of nitrogens with zero attached hydrogens (tertiary/aromatic N) is 9. The highest BCUT2D eigenvalue weighted by molar-refractivity contribution is 6.24. The van der Waals surface area contributed by atoms with Crippen molar-refractivity contribution in [3.8, 4) is 147 Å². The molecule has 0 unspecified atom stereocenters. The molecule has 149 heavy (non-hydrogen) atoms. The molecule has 0 fully saturated rings. The minimum atomic E-state index is 0.623. The molecular formula is C137H83N9O3. The number of rotatable bonds is 13. The summed E-state index contributed by atoms with van der Waals surface area (Å²) in [7, 11) is 0. The number of fused-ring (bicyclic) bond motifs is 17. The molecule has 0 N–H and O–H groups in total. The van der Waals surface area contributed by atoms with Crippen LogP contribution in [0.3, 0.4) is 0 Å². The molecular weight excluding hydrogens is 1820 g/mol. The van der Waals surface area contributed by atoms with Gasteiger partial charge in [-0.25, -0.2) is 44.9 Å². The van der Waals surface area contributed by atoms with Crippen LogP contribution >= 0.6 is 0 Å². The van der Waals surface area contributed by atoms with E-state index in [0.717, 1.165) is 225 Å². The highest BCUT2D eigenvalue weighted by Gasteiger charge is 2.26. The molecule has 0 bridgehead atoms. The van der Waals surface area contributed by atoms with Gasteiger partial charge in [0.2, 0.25) is 0 Å². The third kappa shape index (κ3) is 15.9. The Morgan fingerprint density at radius 3 is 0.960 bits per heavy atom. The van der Waals surface area contributed by atoms with E-state index in [-0.39, 0.29) is 0 Å². The fraction of sp³-hybridized carbons (Fsp3) is 0. The Morgan fingerprint density at radius 1 is 0.114 bits per heavy atom. The third-order valence-electron chi connectivity index (χ3n) is 28.7. The Balaban J connectivity index is 0.000000108. The fourth-order valence-electron chi connectivity index (χ4n) is 21.5. The van der Waals surface area contributed by atoms with Crippen molar-refractivity contribution >= 4 is 152 Å². The normalized spacial score (nSPS) is 11.6. The summed E-state index contributed by atoms with van der Waals surface area (Å²) in [5.41, 5.74) is 22.8. The Morgan fingerprint density at radius 2 is 0.416 bits per heavy atom. The van der Waals surface area contributed by atoms with Gasteiger partial charge in [-0.3, -0.25) is 0 Å². The van der Waals surface area contributed by atoms with E-state index in [9.17, 15) is 0 Å². The van der Waals surface area contributed by atoms with E-state index in [1.54, 1.807) is 0 Å². The van der Waals surface area contributed by atoms with E-state index < -0.39 is 0 Å². The number of hydrogen-bond donors (Lipinski definition) is 0. The van der Waals surface area contributed by atoms with Crippen molar-refractivity contribution in [2.24, 2.45) is 0 Å². The first-order valence-corrected chi connectivity index (χ1v) is 50.0. The molecule has 30 rings (SSSR count). The summed E-state index contributed by atoms with van der Waals surface area (Å²) in [5, 5.41) is 24.9. The van der Waals surface area contributed by atoms with Gasteiger partial charge < -0.3 is 13.3 Å². The van der Waals surface area contributed by atoms with Gasteiger partial charge in [-0.1, -0.05) is 419 Å². The smallest absolute Gasteiger partial charge is 0.164 e. The molecule has 6 heterocycles. The number of para-hydroxylation sites is 1. The molecule has 24 aromatic carbocycles. The maximum absolute atomic E-state index is 6.45. The van der Waals surface area contributed by atoms with Gasteiger partial charge in [-0.15, -0.1) is 0 Å². The molecule has 12 nitrogen and oxygen atoms in total. The highest BCUT2D eigenvalue weighted by atomic mass is 16.3. The molecule has 0 saturated heterocycles. The van der Waals surface area contributed by atoms with Crippen molar-refractivity contribution in [2.45, 2.75) is 0 Å². The summed E-state index contributed by atoms with van der Waals surface area (Å²) in [6.07, 6.45) is 0. The van der Waals surface area contributed by atoms with Gasteiger partial charge in [0.05, 0.1) is 0 Å². The van der Waals surface area contributed by atoms with E-state index in [2.05, 4.69) is 406 Å². The second-order valence-electron chi connectivity index (χ2n) is 37.6. The van der Waals surface area contributed by atoms with E-state index in [1.165, 1.54) is 21.5 Å². The van der Waals surface area contributed by atoms with Gasteiger partial charge in [0.25, 0.3) is 0 Å². The highest BCUT2D eigenvalue weighted by Crippen LogP contribution is 2.49. The maximum atomic E-state index is 6.45. The molecule has 0 aliphatic rings. The Bertz CT molecular complexity index is 10600. The summed E-state index contributed by atoms with van der Waals surface area (Å²) in [4.78, 5) is 46.0. The summed E-state index contributed by atoms with van der Waals surface area (Å²) >= 11 is 0. The number of hydrogen-bond acceptors (Lipinski definition) is 12. The standard InChI is InChI=1S/C47H29N3O.2C45H27N3O/c1-3-13-30(14-4-1)33-19-11-20-35(27-33)46-48-45(32-15-5-2-6-16-32)49-47(50-46)36-26-25-31-18-12-23-38(40(31)28-36)43-37-21-8-7-17-34(37)29-42-44(43)39-22-9-10-24-41(39)51-42;1-2-13-30(14-3-1)43-46-44(36-20-10-17-28-11-6-8-18-34(28)36)48-45(47-43)37-23-21-29-12-7-9-19-35(29)42(37)33-22-24-40-38(26-33)39-25-31-15-4-5-16-32(31)27-41(39)49-40;1-2-12-29(13-3-1)43-46-44(37-20-10-16-28-11-6-7-17-33(28)37)48-45(47-43)38-23-22-34(35-18-8-9-19-36(35)38)32-21-24-41-39(26-32)40-25-30-14-4-5-15-31(30)27-42(40)49-41/h1-29H;2*1-27H. The van der Waals surface area contributed by atoms with Crippen molar-refractivity contribution in [3.63, 3.8) is 0 Å². The zero-order chi connectivity index (χ0) is 98.4. The van der Waals surface area contributed by atoms with Crippen molar-refractivity contribution in [1.29, 1.82) is 0 Å². The van der Waals surface area contributed by atoms with Crippen LogP contribution in [0.25, 0.3) is 299 Å². The van der Waals surface area contributed by atoms with Crippen LogP contribution in [0, 0.1) is 0 Å². The average Bonchev–Trinajstić information content (AvgIpc) is 1.60. The van der Waals surface area contributed by atoms with Crippen LogP contribution in [0.15, 0.2) is 517 Å². The Kier molecular flexibility index (Phi) is 21.3. The van der Waals surface area contributed by atoms with Crippen LogP contribution < -0.4 is 0 Å². The monoisotopic (exact) mass is 1900 g/mol. The van der Waals surface area contributed by atoms with E-state index in [4.69, 9.17) is 58.1 Å². The van der Waals surface area contributed by atoms with Gasteiger partial charge in [-0.2, -0.15) is 0 Å². The minimum Gasteiger partial charge on any atom is -0.456 e. The molecule has 694 valence electrons. The van der Waals surface area contributed by atoms with Crippen LogP contribution in [0.1, 0.15) is 0 Å². The fourth-order valence-corrected chi connectivity index (χ4v) is 21.5. The van der Waals surface area contributed by atoms with E-state index >= 15 is 0 Å². The quantitative estimate of drug-likeness (QED) is 0.108. The molecule has 0 atom stereocenters. The zero-order valence-corrected chi connectivity index (χ0v) is 80.2. The average molecular weight is 1900 g/mol. The second-order valence-corrected chi connectivity index (χ2v) is 37.6. The van der Waals surface area contributed by atoms with Crippen molar-refractivity contribution < 1.29 is 13.3 Å². The first kappa shape index (κ1) is 86.7. The SMILES string of the molecule is c1ccc(-c2cccc(-c3nc(-c4ccccc4)nc(-c4ccc5cccc(-c6c7ccccc7cc7oc8ccccc8c67)c5c4)n3)c2)cc1.c1ccc(-c2nc(-c3ccc4ccccc4c3-c3ccc4oc5cc6ccccc6cc5c4c3)nc(-c3cccc4ccccc34)n2)cc1.c1ccc(-c2nc(-c3cccc4ccccc34)nc(-c3ccc(-c4ccc5oc6cc7ccccc7cc6c5c4)c4ccccc34)n2)cc1. The first-order valence-electron chi connectivity index (χ1n) is 50.0. The number of aromatic nitrogens is 9. The molecule has 0 aliphatic carbocycles. The van der Waals surface area contributed by atoms with Crippen LogP contribution in [0.2, 0.25) is 0 Å². The summed E-state index contributed by atoms with van der Waals surface area (Å²) in [5.74, 6) is 5.73. The van der Waals surface area contributed by atoms with Crippen molar-refractivity contribution in [2.75, 3.05) is 0 Å². The Labute approximate surface area is 854 Å². The topological polar surface area (TPSA) is 155 Å². The molecule has 0 spiro atoms. The van der Waals surface area contributed by atoms with Crippen molar-refractivity contribution in [1.82, 2.24) is 44.9 Å². The van der Waals surface area contributed by atoms with Crippen LogP contribution in [-0.4, -0.2) is 44.9 Å². The molecule has 0 radical (unpaired) electrons. The lowest BCUT2D eigenvalue weighted by Gasteiger charge is -2.15. The van der Waals surface area contributed by atoms with Gasteiger partial charge in [0, 0.05) is 93.5 Å². The number of furan rings is 3. The van der Waals surface area contributed by atoms with Gasteiger partial charge >= 0.3 is 0 Å².